The lowest BCUT2D eigenvalue weighted by Gasteiger charge is -2.42. The first-order valence-corrected chi connectivity index (χ1v) is 14.7. The maximum Gasteiger partial charge on any atom is 0.513 e. The van der Waals surface area contributed by atoms with Gasteiger partial charge in [-0.1, -0.05) is 58.6 Å². The molecule has 1 aromatic rings. The standard InChI is InChI=1S/C31H45NO5/c1-5-7-8-9-10-11-18-34-29(33)35-24-15-14-23-19-25-30(4,37-25)31(16-17-32-20-22-12-13-22)26(23)27(24)36-28(31)21(3)6-2/h14-15,22,25,28,32H,3,5-13,16-20H2,1-2,4H3. The predicted molar refractivity (Wildman–Crippen MR) is 145 cm³/mol. The third-order valence-electron chi connectivity index (χ3n) is 9.13. The molecule has 1 saturated carbocycles. The van der Waals surface area contributed by atoms with E-state index in [0.717, 1.165) is 62.2 Å². The molecule has 4 atom stereocenters. The zero-order valence-corrected chi connectivity index (χ0v) is 23.0. The van der Waals surface area contributed by atoms with Crippen molar-refractivity contribution >= 4 is 6.16 Å². The van der Waals surface area contributed by atoms with Gasteiger partial charge in [-0.15, -0.1) is 0 Å². The Labute approximate surface area is 222 Å². The van der Waals surface area contributed by atoms with Gasteiger partial charge in [0.15, 0.2) is 11.5 Å². The van der Waals surface area contributed by atoms with Gasteiger partial charge in [0.2, 0.25) is 0 Å². The Bertz CT molecular complexity index is 1000. The normalized spacial score (nSPS) is 28.7. The summed E-state index contributed by atoms with van der Waals surface area (Å²) in [6, 6.07) is 3.95. The van der Waals surface area contributed by atoms with Crippen LogP contribution in [0, 0.1) is 5.92 Å². The van der Waals surface area contributed by atoms with E-state index in [0.29, 0.717) is 18.1 Å². The van der Waals surface area contributed by atoms with E-state index in [2.05, 4.69) is 38.7 Å². The zero-order valence-electron chi connectivity index (χ0n) is 23.0. The molecule has 2 aliphatic carbocycles. The van der Waals surface area contributed by atoms with E-state index in [1.807, 2.05) is 6.07 Å². The highest BCUT2D eigenvalue weighted by atomic mass is 16.7. The minimum Gasteiger partial charge on any atom is -0.481 e. The molecule has 0 spiro atoms. The molecule has 0 amide bonds. The van der Waals surface area contributed by atoms with E-state index in [4.69, 9.17) is 18.9 Å². The van der Waals surface area contributed by atoms with Crippen molar-refractivity contribution in [3.63, 3.8) is 0 Å². The van der Waals surface area contributed by atoms with E-state index < -0.39 is 6.16 Å². The van der Waals surface area contributed by atoms with Gasteiger partial charge in [0.25, 0.3) is 0 Å². The van der Waals surface area contributed by atoms with Crippen LogP contribution in [0.2, 0.25) is 0 Å². The lowest BCUT2D eigenvalue weighted by molar-refractivity contribution is 0.0855. The maximum absolute atomic E-state index is 12.6. The van der Waals surface area contributed by atoms with Gasteiger partial charge >= 0.3 is 6.16 Å². The number of benzene rings is 1. The Morgan fingerprint density at radius 3 is 2.70 bits per heavy atom. The fourth-order valence-corrected chi connectivity index (χ4v) is 6.60. The number of epoxide rings is 1. The van der Waals surface area contributed by atoms with Crippen LogP contribution in [0.3, 0.4) is 0 Å². The molecule has 1 N–H and O–H groups in total. The van der Waals surface area contributed by atoms with Crippen molar-refractivity contribution in [2.24, 2.45) is 5.92 Å². The van der Waals surface area contributed by atoms with Crippen LogP contribution in [-0.4, -0.2) is 43.7 Å². The summed E-state index contributed by atoms with van der Waals surface area (Å²) in [4.78, 5) is 12.6. The molecule has 2 aliphatic heterocycles. The summed E-state index contributed by atoms with van der Waals surface area (Å²) >= 11 is 0. The molecule has 1 saturated heterocycles. The first-order valence-electron chi connectivity index (χ1n) is 14.7. The van der Waals surface area contributed by atoms with Gasteiger partial charge in [-0.3, -0.25) is 0 Å². The van der Waals surface area contributed by atoms with E-state index in [9.17, 15) is 4.79 Å². The molecule has 37 heavy (non-hydrogen) atoms. The van der Waals surface area contributed by atoms with Crippen LogP contribution < -0.4 is 14.8 Å². The first-order chi connectivity index (χ1) is 17.9. The molecule has 6 nitrogen and oxygen atoms in total. The fourth-order valence-electron chi connectivity index (χ4n) is 6.60. The summed E-state index contributed by atoms with van der Waals surface area (Å²) in [6.45, 7) is 13.3. The van der Waals surface area contributed by atoms with Crippen LogP contribution in [0.4, 0.5) is 4.79 Å². The summed E-state index contributed by atoms with van der Waals surface area (Å²) in [7, 11) is 0. The molecule has 1 aromatic carbocycles. The average Bonchev–Trinajstić information content (AvgIpc) is 3.80. The number of unbranched alkanes of at least 4 members (excludes halogenated alkanes) is 5. The Morgan fingerprint density at radius 2 is 1.95 bits per heavy atom. The minimum absolute atomic E-state index is 0.180. The molecule has 6 heteroatoms. The largest absolute Gasteiger partial charge is 0.513 e. The van der Waals surface area contributed by atoms with Gasteiger partial charge in [0.1, 0.15) is 11.7 Å². The minimum atomic E-state index is -0.662. The van der Waals surface area contributed by atoms with Gasteiger partial charge in [-0.2, -0.15) is 0 Å². The second-order valence-corrected chi connectivity index (χ2v) is 11.7. The lowest BCUT2D eigenvalue weighted by Crippen LogP contribution is -2.54. The maximum atomic E-state index is 12.6. The number of carbonyl (C=O) groups is 1. The number of hydrogen-bond donors (Lipinski definition) is 1. The summed E-state index contributed by atoms with van der Waals surface area (Å²) in [5.41, 5.74) is 2.77. The monoisotopic (exact) mass is 511 g/mol. The topological polar surface area (TPSA) is 69.3 Å². The molecule has 0 radical (unpaired) electrons. The molecule has 5 rings (SSSR count). The Balaban J connectivity index is 1.33. The Morgan fingerprint density at radius 1 is 1.16 bits per heavy atom. The van der Waals surface area contributed by atoms with E-state index in [1.54, 1.807) is 0 Å². The number of hydrogen-bond acceptors (Lipinski definition) is 6. The third kappa shape index (κ3) is 5.04. The smallest absolute Gasteiger partial charge is 0.481 e. The van der Waals surface area contributed by atoms with Crippen molar-refractivity contribution in [3.05, 3.63) is 35.4 Å². The molecule has 0 aromatic heterocycles. The molecule has 2 heterocycles. The highest BCUT2D eigenvalue weighted by Gasteiger charge is 2.74. The highest BCUT2D eigenvalue weighted by Crippen LogP contribution is 2.67. The molecule has 0 bridgehead atoms. The van der Waals surface area contributed by atoms with Crippen LogP contribution in [-0.2, 0) is 21.3 Å². The summed E-state index contributed by atoms with van der Waals surface area (Å²) < 4.78 is 24.3. The van der Waals surface area contributed by atoms with Crippen LogP contribution in [0.25, 0.3) is 0 Å². The SMILES string of the molecule is C=C(CC)C1Oc2c(OC(=O)OCCCCCCCC)ccc3c2C1(CCNCC1CC1)C1(C)OC1C3. The Hall–Kier alpha value is -2.05. The van der Waals surface area contributed by atoms with E-state index >= 15 is 0 Å². The number of nitrogens with one attached hydrogen (secondary N) is 1. The summed E-state index contributed by atoms with van der Waals surface area (Å²) in [6.07, 6.45) is 11.4. The number of carbonyl (C=O) groups excluding carboxylic acids is 1. The molecular formula is C31H45NO5. The molecular weight excluding hydrogens is 466 g/mol. The van der Waals surface area contributed by atoms with Crippen molar-refractivity contribution in [3.8, 4) is 11.5 Å². The van der Waals surface area contributed by atoms with Crippen LogP contribution in [0.5, 0.6) is 11.5 Å². The van der Waals surface area contributed by atoms with Crippen molar-refractivity contribution in [2.45, 2.75) is 115 Å². The predicted octanol–water partition coefficient (Wildman–Crippen LogP) is 6.63. The molecule has 4 aliphatic rings. The second-order valence-electron chi connectivity index (χ2n) is 11.7. The molecule has 204 valence electrons. The highest BCUT2D eigenvalue weighted by molar-refractivity contribution is 5.70. The van der Waals surface area contributed by atoms with Gasteiger partial charge < -0.3 is 24.3 Å². The van der Waals surface area contributed by atoms with Gasteiger partial charge in [0, 0.05) is 12.0 Å². The van der Waals surface area contributed by atoms with Gasteiger partial charge in [-0.25, -0.2) is 4.79 Å². The fraction of sp³-hybridized carbons (Fsp3) is 0.710. The summed E-state index contributed by atoms with van der Waals surface area (Å²) in [5, 5.41) is 3.69. The number of rotatable bonds is 15. The quantitative estimate of drug-likeness (QED) is 0.0937. The van der Waals surface area contributed by atoms with E-state index in [-0.39, 0.29) is 23.2 Å². The van der Waals surface area contributed by atoms with Gasteiger partial charge in [-0.05, 0) is 75.2 Å². The lowest BCUT2D eigenvalue weighted by atomic mass is 9.58. The average molecular weight is 512 g/mol. The van der Waals surface area contributed by atoms with E-state index in [1.165, 1.54) is 44.1 Å². The second kappa shape index (κ2) is 11.0. The summed E-state index contributed by atoms with van der Waals surface area (Å²) in [5.74, 6) is 1.94. The van der Waals surface area contributed by atoms with Crippen LogP contribution in [0.1, 0.15) is 96.1 Å². The number of fused-ring (bicyclic) bond motifs is 2. The molecule has 4 unspecified atom stereocenters. The number of ether oxygens (including phenoxy) is 4. The van der Waals surface area contributed by atoms with Crippen molar-refractivity contribution in [1.29, 1.82) is 0 Å². The van der Waals surface area contributed by atoms with Crippen molar-refractivity contribution < 1.29 is 23.7 Å². The first kappa shape index (κ1) is 26.6. The van der Waals surface area contributed by atoms with Crippen molar-refractivity contribution in [1.82, 2.24) is 5.32 Å². The third-order valence-corrected chi connectivity index (χ3v) is 9.13. The van der Waals surface area contributed by atoms with Gasteiger partial charge in [0.05, 0.1) is 18.1 Å². The van der Waals surface area contributed by atoms with Crippen LogP contribution >= 0.6 is 0 Å². The zero-order chi connectivity index (χ0) is 26.0. The molecule has 2 fully saturated rings. The Kier molecular flexibility index (Phi) is 7.88. The van der Waals surface area contributed by atoms with Crippen molar-refractivity contribution in [2.75, 3.05) is 19.7 Å². The van der Waals surface area contributed by atoms with Crippen LogP contribution in [0.15, 0.2) is 24.3 Å².